The number of hydrogen-bond donors (Lipinski definition) is 0. The molecule has 31 heavy (non-hydrogen) atoms. The van der Waals surface area contributed by atoms with Crippen LogP contribution in [-0.4, -0.2) is 42.4 Å². The standard InChI is InChI=1S/C27H41NO3/c1-26-13-10-20(29)18-19(26)6-7-21-22-8-9-24(27(22,2)14-11-23(21)26)31-25(30)12-17-28-15-4-3-5-16-28/h18,21-24H,3-17H2,1-2H3/t21-,22+,23+,24+,26+,27+/m1/s1. The minimum atomic E-state index is 0.0196. The predicted molar refractivity (Wildman–Crippen MR) is 121 cm³/mol. The molecule has 4 aliphatic carbocycles. The number of carbonyl (C=O) groups is 2. The molecule has 0 N–H and O–H groups in total. The van der Waals surface area contributed by atoms with E-state index in [0.717, 1.165) is 51.2 Å². The van der Waals surface area contributed by atoms with Crippen molar-refractivity contribution in [1.82, 2.24) is 4.90 Å². The van der Waals surface area contributed by atoms with Gasteiger partial charge in [0.15, 0.2) is 5.78 Å². The van der Waals surface area contributed by atoms with E-state index in [1.54, 1.807) is 0 Å². The van der Waals surface area contributed by atoms with Crippen molar-refractivity contribution in [2.45, 2.75) is 97.0 Å². The summed E-state index contributed by atoms with van der Waals surface area (Å²) in [6.07, 6.45) is 15.2. The molecular weight excluding hydrogens is 386 g/mol. The normalized spacial score (nSPS) is 42.9. The molecule has 6 atom stereocenters. The monoisotopic (exact) mass is 427 g/mol. The summed E-state index contributed by atoms with van der Waals surface area (Å²) < 4.78 is 6.18. The van der Waals surface area contributed by atoms with Gasteiger partial charge in [0.05, 0.1) is 6.42 Å². The second-order valence-electron chi connectivity index (χ2n) is 11.7. The lowest BCUT2D eigenvalue weighted by Crippen LogP contribution is -2.51. The van der Waals surface area contributed by atoms with E-state index < -0.39 is 0 Å². The first-order valence-electron chi connectivity index (χ1n) is 13.1. The quantitative estimate of drug-likeness (QED) is 0.571. The summed E-state index contributed by atoms with van der Waals surface area (Å²) in [5.74, 6) is 2.45. The Morgan fingerprint density at radius 1 is 1.03 bits per heavy atom. The number of rotatable bonds is 4. The maximum Gasteiger partial charge on any atom is 0.307 e. The Kier molecular flexibility index (Phi) is 5.82. The van der Waals surface area contributed by atoms with Crippen molar-refractivity contribution in [3.8, 4) is 0 Å². The van der Waals surface area contributed by atoms with Crippen molar-refractivity contribution < 1.29 is 14.3 Å². The fourth-order valence-corrected chi connectivity index (χ4v) is 8.35. The van der Waals surface area contributed by atoms with Crippen LogP contribution in [0.2, 0.25) is 0 Å². The van der Waals surface area contributed by atoms with Gasteiger partial charge in [0.25, 0.3) is 0 Å². The van der Waals surface area contributed by atoms with Crippen molar-refractivity contribution in [2.24, 2.45) is 28.6 Å². The molecular formula is C27H41NO3. The van der Waals surface area contributed by atoms with Crippen LogP contribution in [0.4, 0.5) is 0 Å². The van der Waals surface area contributed by atoms with E-state index in [0.29, 0.717) is 24.0 Å². The van der Waals surface area contributed by atoms with Gasteiger partial charge in [0.2, 0.25) is 0 Å². The van der Waals surface area contributed by atoms with E-state index in [2.05, 4.69) is 18.7 Å². The minimum Gasteiger partial charge on any atom is -0.462 e. The van der Waals surface area contributed by atoms with E-state index in [4.69, 9.17) is 4.74 Å². The van der Waals surface area contributed by atoms with Crippen molar-refractivity contribution in [3.05, 3.63) is 11.6 Å². The summed E-state index contributed by atoms with van der Waals surface area (Å²) >= 11 is 0. The highest BCUT2D eigenvalue weighted by atomic mass is 16.5. The number of hydrogen-bond acceptors (Lipinski definition) is 4. The van der Waals surface area contributed by atoms with Crippen LogP contribution in [0, 0.1) is 28.6 Å². The Morgan fingerprint density at radius 2 is 1.84 bits per heavy atom. The summed E-state index contributed by atoms with van der Waals surface area (Å²) in [6.45, 7) is 8.00. The fourth-order valence-electron chi connectivity index (χ4n) is 8.35. The third kappa shape index (κ3) is 3.81. The maximum absolute atomic E-state index is 12.7. The third-order valence-corrected chi connectivity index (χ3v) is 10.2. The molecule has 0 aromatic rings. The molecule has 0 radical (unpaired) electrons. The topological polar surface area (TPSA) is 46.6 Å². The van der Waals surface area contributed by atoms with E-state index in [-0.39, 0.29) is 22.9 Å². The summed E-state index contributed by atoms with van der Waals surface area (Å²) in [5.41, 5.74) is 1.80. The molecule has 0 aromatic carbocycles. The van der Waals surface area contributed by atoms with Gasteiger partial charge in [-0.1, -0.05) is 25.8 Å². The van der Waals surface area contributed by atoms with Gasteiger partial charge in [-0.25, -0.2) is 0 Å². The molecule has 0 amide bonds. The number of allylic oxidation sites excluding steroid dienone is 1. The van der Waals surface area contributed by atoms with Crippen LogP contribution < -0.4 is 0 Å². The van der Waals surface area contributed by atoms with Gasteiger partial charge >= 0.3 is 5.97 Å². The zero-order valence-corrected chi connectivity index (χ0v) is 19.7. The van der Waals surface area contributed by atoms with Gasteiger partial charge in [-0.05, 0) is 100 Å². The molecule has 4 nitrogen and oxygen atoms in total. The molecule has 0 bridgehead atoms. The first-order chi connectivity index (χ1) is 14.9. The average molecular weight is 428 g/mol. The van der Waals surface area contributed by atoms with E-state index in [1.807, 2.05) is 6.08 Å². The molecule has 5 aliphatic rings. The van der Waals surface area contributed by atoms with Crippen LogP contribution in [-0.2, 0) is 14.3 Å². The minimum absolute atomic E-state index is 0.0196. The van der Waals surface area contributed by atoms with Crippen molar-refractivity contribution in [2.75, 3.05) is 19.6 Å². The lowest BCUT2D eigenvalue weighted by Gasteiger charge is -2.57. The van der Waals surface area contributed by atoms with Gasteiger partial charge in [-0.2, -0.15) is 0 Å². The summed E-state index contributed by atoms with van der Waals surface area (Å²) in [5, 5.41) is 0. The summed E-state index contributed by atoms with van der Waals surface area (Å²) in [6, 6.07) is 0. The van der Waals surface area contributed by atoms with Crippen LogP contribution in [0.5, 0.6) is 0 Å². The molecule has 4 heteroatoms. The number of ether oxygens (including phenoxy) is 1. The molecule has 1 saturated heterocycles. The molecule has 4 fully saturated rings. The Bertz CT molecular complexity index is 754. The SMILES string of the molecule is C[C@]12CC[C@H]3[C@H](CCC4=CC(=O)CC[C@@]43C)[C@@H]1CC[C@@H]2OC(=O)CCN1CCCCC1. The van der Waals surface area contributed by atoms with Gasteiger partial charge in [-0.15, -0.1) is 0 Å². The Morgan fingerprint density at radius 3 is 2.65 bits per heavy atom. The number of likely N-dealkylation sites (tertiary alicyclic amines) is 1. The summed E-state index contributed by atoms with van der Waals surface area (Å²) in [7, 11) is 0. The Balaban J connectivity index is 1.23. The lowest BCUT2D eigenvalue weighted by molar-refractivity contribution is -0.160. The highest BCUT2D eigenvalue weighted by Crippen LogP contribution is 2.65. The highest BCUT2D eigenvalue weighted by molar-refractivity contribution is 5.91. The zero-order valence-electron chi connectivity index (χ0n) is 19.7. The van der Waals surface area contributed by atoms with E-state index in [9.17, 15) is 9.59 Å². The molecule has 0 spiro atoms. The smallest absolute Gasteiger partial charge is 0.307 e. The largest absolute Gasteiger partial charge is 0.462 e. The summed E-state index contributed by atoms with van der Waals surface area (Å²) in [4.78, 5) is 27.2. The predicted octanol–water partition coefficient (Wildman–Crippen LogP) is 5.31. The van der Waals surface area contributed by atoms with Crippen LogP contribution in [0.3, 0.4) is 0 Å². The van der Waals surface area contributed by atoms with Crippen molar-refractivity contribution in [3.63, 3.8) is 0 Å². The molecule has 1 heterocycles. The number of esters is 1. The molecule has 1 aliphatic heterocycles. The molecule has 3 saturated carbocycles. The zero-order chi connectivity index (χ0) is 21.6. The number of nitrogens with zero attached hydrogens (tertiary/aromatic N) is 1. The molecule has 172 valence electrons. The van der Waals surface area contributed by atoms with Crippen molar-refractivity contribution in [1.29, 1.82) is 0 Å². The first-order valence-corrected chi connectivity index (χ1v) is 13.1. The van der Waals surface area contributed by atoms with Gasteiger partial charge in [0, 0.05) is 18.4 Å². The van der Waals surface area contributed by atoms with Crippen LogP contribution in [0.25, 0.3) is 0 Å². The number of fused-ring (bicyclic) bond motifs is 5. The third-order valence-electron chi connectivity index (χ3n) is 10.2. The van der Waals surface area contributed by atoms with Crippen molar-refractivity contribution >= 4 is 11.8 Å². The van der Waals surface area contributed by atoms with E-state index in [1.165, 1.54) is 50.5 Å². The Labute approximate surface area is 188 Å². The van der Waals surface area contributed by atoms with Gasteiger partial charge in [0.1, 0.15) is 6.10 Å². The lowest BCUT2D eigenvalue weighted by atomic mass is 9.47. The first kappa shape index (κ1) is 21.7. The van der Waals surface area contributed by atoms with E-state index >= 15 is 0 Å². The van der Waals surface area contributed by atoms with Crippen LogP contribution in [0.1, 0.15) is 90.9 Å². The molecule has 5 rings (SSSR count). The van der Waals surface area contributed by atoms with Crippen LogP contribution in [0.15, 0.2) is 11.6 Å². The molecule has 0 unspecified atom stereocenters. The second-order valence-corrected chi connectivity index (χ2v) is 11.7. The number of carbonyl (C=O) groups excluding carboxylic acids is 2. The fraction of sp³-hybridized carbons (Fsp3) is 0.852. The Hall–Kier alpha value is -1.16. The van der Waals surface area contributed by atoms with Crippen LogP contribution >= 0.6 is 0 Å². The highest BCUT2D eigenvalue weighted by Gasteiger charge is 2.59. The maximum atomic E-state index is 12.7. The van der Waals surface area contributed by atoms with Gasteiger partial charge < -0.3 is 9.64 Å². The second kappa shape index (κ2) is 8.32. The number of piperidine rings is 1. The number of ketones is 1. The molecule has 0 aromatic heterocycles. The van der Waals surface area contributed by atoms with Gasteiger partial charge in [-0.3, -0.25) is 9.59 Å². The average Bonchev–Trinajstić information content (AvgIpc) is 3.10.